The third kappa shape index (κ3) is 7.60. The van der Waals surface area contributed by atoms with Gasteiger partial charge in [-0.25, -0.2) is 43.3 Å². The molecule has 0 unspecified atom stereocenters. The SMILES string of the molecule is CCS(=O)(=O)N(c1ccc(-c2nn(C)c(=NC3(c4ccc(N(S(=O)(=O)CC)S(=O)(=O)CC)cc4)CCCCC3)s2)cc1)S(=O)(=O)CC. The Bertz CT molecular complexity index is 2010. The third-order valence-corrected chi connectivity index (χ3v) is 17.7. The molecular formula is C29H41N5O8S5. The highest BCUT2D eigenvalue weighted by molar-refractivity contribution is 8.10. The fourth-order valence-electron chi connectivity index (χ4n) is 5.43. The van der Waals surface area contributed by atoms with Crippen LogP contribution < -0.4 is 12.2 Å². The highest BCUT2D eigenvalue weighted by Crippen LogP contribution is 2.41. The minimum absolute atomic E-state index is 0.0185. The van der Waals surface area contributed by atoms with Crippen molar-refractivity contribution in [3.05, 3.63) is 58.9 Å². The minimum atomic E-state index is -4.09. The van der Waals surface area contributed by atoms with Crippen molar-refractivity contribution < 1.29 is 33.7 Å². The molecule has 260 valence electrons. The summed E-state index contributed by atoms with van der Waals surface area (Å²) in [6.45, 7) is 5.58. The van der Waals surface area contributed by atoms with E-state index in [1.165, 1.54) is 63.3 Å². The first-order chi connectivity index (χ1) is 22.0. The molecule has 1 fully saturated rings. The Labute approximate surface area is 282 Å². The molecule has 3 aromatic rings. The highest BCUT2D eigenvalue weighted by atomic mass is 32.3. The molecule has 1 saturated carbocycles. The first-order valence-corrected chi connectivity index (χ1v) is 22.5. The zero-order chi connectivity index (χ0) is 34.8. The van der Waals surface area contributed by atoms with Gasteiger partial charge in [0.15, 0.2) is 0 Å². The molecular weight excluding hydrogens is 707 g/mol. The molecule has 1 aliphatic carbocycles. The number of nitrogens with zero attached hydrogens (tertiary/aromatic N) is 5. The lowest BCUT2D eigenvalue weighted by molar-refractivity contribution is 0.296. The molecule has 1 heterocycles. The van der Waals surface area contributed by atoms with Crippen molar-refractivity contribution in [2.75, 3.05) is 30.4 Å². The summed E-state index contributed by atoms with van der Waals surface area (Å²) >= 11 is 1.32. The van der Waals surface area contributed by atoms with Gasteiger partial charge >= 0.3 is 0 Å². The number of sulfonamides is 4. The molecule has 1 aliphatic rings. The predicted octanol–water partition coefficient (Wildman–Crippen LogP) is 3.92. The lowest BCUT2D eigenvalue weighted by Crippen LogP contribution is -2.39. The molecule has 2 aromatic carbocycles. The van der Waals surface area contributed by atoms with E-state index in [0.717, 1.165) is 37.7 Å². The van der Waals surface area contributed by atoms with Crippen molar-refractivity contribution in [1.82, 2.24) is 9.78 Å². The molecule has 0 spiro atoms. The van der Waals surface area contributed by atoms with Crippen LogP contribution in [0, 0.1) is 0 Å². The van der Waals surface area contributed by atoms with E-state index in [0.29, 0.717) is 22.8 Å². The van der Waals surface area contributed by atoms with Crippen molar-refractivity contribution in [3.63, 3.8) is 0 Å². The summed E-state index contributed by atoms with van der Waals surface area (Å²) in [4.78, 5) is 5.82. The van der Waals surface area contributed by atoms with Crippen molar-refractivity contribution in [2.24, 2.45) is 12.0 Å². The van der Waals surface area contributed by atoms with Gasteiger partial charge in [0.25, 0.3) is 0 Å². The number of aromatic nitrogens is 2. The minimum Gasteiger partial charge on any atom is -0.246 e. The Morgan fingerprint density at radius 2 is 1.09 bits per heavy atom. The lowest BCUT2D eigenvalue weighted by atomic mass is 9.77. The average molecular weight is 748 g/mol. The van der Waals surface area contributed by atoms with E-state index >= 15 is 0 Å². The Hall–Kier alpha value is -2.80. The van der Waals surface area contributed by atoms with Gasteiger partial charge in [0.2, 0.25) is 44.9 Å². The van der Waals surface area contributed by atoms with Crippen LogP contribution in [0.15, 0.2) is 53.5 Å². The molecule has 0 saturated heterocycles. The maximum absolute atomic E-state index is 12.8. The van der Waals surface area contributed by atoms with Gasteiger partial charge in [-0.15, -0.1) is 0 Å². The first-order valence-electron chi connectivity index (χ1n) is 15.3. The Morgan fingerprint density at radius 1 is 0.681 bits per heavy atom. The Morgan fingerprint density at radius 3 is 1.49 bits per heavy atom. The molecule has 1 aromatic heterocycles. The van der Waals surface area contributed by atoms with Crippen molar-refractivity contribution in [1.29, 1.82) is 0 Å². The molecule has 0 atom stereocenters. The van der Waals surface area contributed by atoms with E-state index in [2.05, 4.69) is 5.10 Å². The second-order valence-electron chi connectivity index (χ2n) is 11.1. The van der Waals surface area contributed by atoms with Gasteiger partial charge in [0.1, 0.15) is 5.01 Å². The predicted molar refractivity (Wildman–Crippen MR) is 186 cm³/mol. The van der Waals surface area contributed by atoms with Gasteiger partial charge in [-0.05, 0) is 82.5 Å². The van der Waals surface area contributed by atoms with Crippen LogP contribution in [0.4, 0.5) is 11.4 Å². The number of hydrogen-bond donors (Lipinski definition) is 0. The van der Waals surface area contributed by atoms with Crippen LogP contribution in [0.2, 0.25) is 0 Å². The fraction of sp³-hybridized carbons (Fsp3) is 0.517. The molecule has 0 radical (unpaired) electrons. The molecule has 0 aliphatic heterocycles. The van der Waals surface area contributed by atoms with Crippen molar-refractivity contribution in [3.8, 4) is 10.6 Å². The zero-order valence-corrected chi connectivity index (χ0v) is 31.1. The summed E-state index contributed by atoms with van der Waals surface area (Å²) in [6, 6.07) is 12.7. The van der Waals surface area contributed by atoms with Crippen molar-refractivity contribution >= 4 is 62.8 Å². The highest BCUT2D eigenvalue weighted by Gasteiger charge is 2.36. The summed E-state index contributed by atoms with van der Waals surface area (Å²) < 4.78 is 104. The Kier molecular flexibility index (Phi) is 11.0. The van der Waals surface area contributed by atoms with Crippen molar-refractivity contribution in [2.45, 2.75) is 65.3 Å². The summed E-state index contributed by atoms with van der Waals surface area (Å²) in [5, 5.41) is 5.23. The number of benzene rings is 2. The number of hydrogen-bond acceptors (Lipinski definition) is 11. The van der Waals surface area contributed by atoms with Gasteiger partial charge in [-0.1, -0.05) is 42.7 Å². The monoisotopic (exact) mass is 747 g/mol. The van der Waals surface area contributed by atoms with Crippen LogP contribution in [0.3, 0.4) is 0 Å². The largest absolute Gasteiger partial charge is 0.247 e. The molecule has 18 heteroatoms. The zero-order valence-electron chi connectivity index (χ0n) is 27.0. The maximum atomic E-state index is 12.8. The van der Waals surface area contributed by atoms with Crippen LogP contribution in [0.5, 0.6) is 0 Å². The Balaban J connectivity index is 1.75. The molecule has 0 N–H and O–H groups in total. The summed E-state index contributed by atoms with van der Waals surface area (Å²) in [6.07, 6.45) is 4.33. The van der Waals surface area contributed by atoms with Gasteiger partial charge < -0.3 is 0 Å². The van der Waals surface area contributed by atoms with Gasteiger partial charge in [0.05, 0.1) is 39.9 Å². The van der Waals surface area contributed by atoms with Crippen LogP contribution in [-0.4, -0.2) is 66.5 Å². The standard InChI is InChI=1S/C29H41N5O8S5/c1-6-44(35,36)33(45(37,38)7-2)25-17-13-23(14-18-25)27-31-32(5)28(43-27)30-29(21-11-10-12-22-29)24-15-19-26(20-16-24)34(46(39,40)8-3)47(41,42)9-4/h13-20H,6-12,21-22H2,1-5H3. The van der Waals surface area contributed by atoms with Crippen LogP contribution in [-0.2, 0) is 52.7 Å². The normalized spacial score (nSPS) is 16.2. The van der Waals surface area contributed by atoms with E-state index in [-0.39, 0.29) is 34.4 Å². The second kappa shape index (κ2) is 14.0. The summed E-state index contributed by atoms with van der Waals surface area (Å²) in [5.41, 5.74) is 0.899. The molecule has 0 amide bonds. The number of aryl methyl sites for hydroxylation is 1. The van der Waals surface area contributed by atoms with Gasteiger partial charge in [-0.2, -0.15) is 12.5 Å². The first kappa shape index (κ1) is 37.0. The van der Waals surface area contributed by atoms with Crippen LogP contribution >= 0.6 is 11.3 Å². The molecule has 13 nitrogen and oxygen atoms in total. The van der Waals surface area contributed by atoms with Gasteiger partial charge in [0, 0.05) is 12.6 Å². The maximum Gasteiger partial charge on any atom is 0.247 e. The van der Waals surface area contributed by atoms with E-state index in [9.17, 15) is 33.7 Å². The second-order valence-corrected chi connectivity index (χ2v) is 21.0. The van der Waals surface area contributed by atoms with E-state index in [1.54, 1.807) is 36.0 Å². The topological polar surface area (TPSA) is 173 Å². The average Bonchev–Trinajstić information content (AvgIpc) is 3.41. The lowest BCUT2D eigenvalue weighted by Gasteiger charge is -2.34. The van der Waals surface area contributed by atoms with Crippen LogP contribution in [0.1, 0.15) is 65.4 Å². The third-order valence-electron chi connectivity index (χ3n) is 8.11. The summed E-state index contributed by atoms with van der Waals surface area (Å²) in [5.74, 6) is -1.48. The smallest absolute Gasteiger partial charge is 0.246 e. The van der Waals surface area contributed by atoms with E-state index < -0.39 is 45.6 Å². The molecule has 4 rings (SSSR count). The molecule has 0 bridgehead atoms. The van der Waals surface area contributed by atoms with Gasteiger partial charge in [-0.3, -0.25) is 0 Å². The number of anilines is 2. The quantitative estimate of drug-likeness (QED) is 0.251. The van der Waals surface area contributed by atoms with E-state index in [1.807, 2.05) is 0 Å². The molecule has 47 heavy (non-hydrogen) atoms. The summed E-state index contributed by atoms with van der Waals surface area (Å²) in [7, 11) is -14.6. The fourth-order valence-corrected chi connectivity index (χ4v) is 13.2. The van der Waals surface area contributed by atoms with E-state index in [4.69, 9.17) is 4.99 Å². The van der Waals surface area contributed by atoms with Crippen LogP contribution in [0.25, 0.3) is 10.6 Å². The number of rotatable bonds is 13.